The van der Waals surface area contributed by atoms with E-state index in [1.54, 1.807) is 4.31 Å². The summed E-state index contributed by atoms with van der Waals surface area (Å²) in [6.45, 7) is 5.25. The van der Waals surface area contributed by atoms with Crippen LogP contribution in [0.5, 0.6) is 0 Å². The lowest BCUT2D eigenvalue weighted by atomic mass is 10.2. The first-order valence-corrected chi connectivity index (χ1v) is 11.9. The molecule has 0 unspecified atom stereocenters. The second-order valence-corrected chi connectivity index (χ2v) is 9.97. The molecule has 1 aliphatic rings. The second-order valence-electron chi connectivity index (χ2n) is 7.55. The van der Waals surface area contributed by atoms with Gasteiger partial charge >= 0.3 is 0 Å². The van der Waals surface area contributed by atoms with E-state index < -0.39 is 10.0 Å². The van der Waals surface area contributed by atoms with Gasteiger partial charge in [-0.3, -0.25) is 4.90 Å². The van der Waals surface area contributed by atoms with Crippen LogP contribution in [0.4, 0.5) is 0 Å². The van der Waals surface area contributed by atoms with Crippen molar-refractivity contribution in [3.05, 3.63) is 64.9 Å². The first kappa shape index (κ1) is 20.3. The van der Waals surface area contributed by atoms with E-state index in [0.717, 1.165) is 23.4 Å². The van der Waals surface area contributed by atoms with E-state index >= 15 is 0 Å². The molecule has 1 aromatic heterocycles. The molecular weight excluding hydrogens is 408 g/mol. The summed E-state index contributed by atoms with van der Waals surface area (Å²) in [7, 11) is -3.14. The van der Waals surface area contributed by atoms with Gasteiger partial charge in [0.1, 0.15) is 5.82 Å². The Balaban J connectivity index is 1.66. The molecule has 0 amide bonds. The summed E-state index contributed by atoms with van der Waals surface area (Å²) in [5, 5.41) is 0.669. The molecule has 4 rings (SSSR count). The summed E-state index contributed by atoms with van der Waals surface area (Å²) in [6.07, 6.45) is 1.27. The van der Waals surface area contributed by atoms with Gasteiger partial charge in [0.15, 0.2) is 0 Å². The summed E-state index contributed by atoms with van der Waals surface area (Å²) in [4.78, 5) is 7.22. The van der Waals surface area contributed by atoms with Crippen molar-refractivity contribution in [3.63, 3.8) is 0 Å². The van der Waals surface area contributed by atoms with Crippen molar-refractivity contribution in [3.8, 4) is 0 Å². The zero-order valence-corrected chi connectivity index (χ0v) is 18.2. The molecule has 0 radical (unpaired) electrons. The standard InChI is InChI=1S/C21H25ClN4O2S/c1-16(24-10-12-25(13-11-24)29(2,27)28)21-23-19-14-18(22)8-9-20(19)26(21)15-17-6-4-3-5-7-17/h3-9,14,16H,10-13,15H2,1-2H3/t16-/m1/s1. The Hall–Kier alpha value is -1.93. The Bertz CT molecular complexity index is 1110. The van der Waals surface area contributed by atoms with Crippen molar-refractivity contribution in [1.29, 1.82) is 0 Å². The fourth-order valence-corrected chi connectivity index (χ4v) is 4.95. The zero-order chi connectivity index (χ0) is 20.6. The number of hydrogen-bond donors (Lipinski definition) is 0. The lowest BCUT2D eigenvalue weighted by molar-refractivity contribution is 0.140. The normalized spacial score (nSPS) is 17.6. The second kappa shape index (κ2) is 8.07. The number of imidazole rings is 1. The minimum absolute atomic E-state index is 0.0617. The third-order valence-corrected chi connectivity index (χ3v) is 7.13. The number of nitrogens with zero attached hydrogens (tertiary/aromatic N) is 4. The molecule has 0 bridgehead atoms. The van der Waals surface area contributed by atoms with Crippen LogP contribution in [-0.4, -0.2) is 59.6 Å². The number of hydrogen-bond acceptors (Lipinski definition) is 4. The van der Waals surface area contributed by atoms with Crippen LogP contribution in [0.3, 0.4) is 0 Å². The number of benzene rings is 2. The lowest BCUT2D eigenvalue weighted by Gasteiger charge is -2.36. The highest BCUT2D eigenvalue weighted by atomic mass is 35.5. The van der Waals surface area contributed by atoms with Crippen LogP contribution in [0.15, 0.2) is 48.5 Å². The van der Waals surface area contributed by atoms with Crippen LogP contribution in [0.25, 0.3) is 11.0 Å². The highest BCUT2D eigenvalue weighted by molar-refractivity contribution is 7.88. The quantitative estimate of drug-likeness (QED) is 0.620. The Morgan fingerprint density at radius 3 is 2.41 bits per heavy atom. The molecule has 2 aromatic carbocycles. The van der Waals surface area contributed by atoms with E-state index in [0.29, 0.717) is 31.2 Å². The van der Waals surface area contributed by atoms with Gasteiger partial charge in [-0.1, -0.05) is 41.9 Å². The average Bonchev–Trinajstić information content (AvgIpc) is 3.05. The van der Waals surface area contributed by atoms with Gasteiger partial charge in [-0.05, 0) is 30.7 Å². The zero-order valence-electron chi connectivity index (χ0n) is 16.6. The van der Waals surface area contributed by atoms with Crippen molar-refractivity contribution < 1.29 is 8.42 Å². The predicted molar refractivity (Wildman–Crippen MR) is 117 cm³/mol. The van der Waals surface area contributed by atoms with Gasteiger partial charge in [-0.25, -0.2) is 13.4 Å². The molecule has 6 nitrogen and oxygen atoms in total. The maximum atomic E-state index is 11.8. The van der Waals surface area contributed by atoms with Crippen LogP contribution < -0.4 is 0 Å². The van der Waals surface area contributed by atoms with E-state index in [1.807, 2.05) is 36.4 Å². The number of sulfonamides is 1. The van der Waals surface area contributed by atoms with E-state index in [1.165, 1.54) is 11.8 Å². The molecule has 8 heteroatoms. The Morgan fingerprint density at radius 1 is 1.07 bits per heavy atom. The Morgan fingerprint density at radius 2 is 1.76 bits per heavy atom. The molecule has 1 atom stereocenters. The molecule has 1 fully saturated rings. The molecule has 2 heterocycles. The first-order valence-electron chi connectivity index (χ1n) is 9.72. The molecule has 1 saturated heterocycles. The van der Waals surface area contributed by atoms with Crippen molar-refractivity contribution in [2.45, 2.75) is 19.5 Å². The summed E-state index contributed by atoms with van der Waals surface area (Å²) < 4.78 is 27.4. The van der Waals surface area contributed by atoms with Crippen LogP contribution >= 0.6 is 11.6 Å². The van der Waals surface area contributed by atoms with Crippen molar-refractivity contribution >= 4 is 32.7 Å². The van der Waals surface area contributed by atoms with E-state index in [-0.39, 0.29) is 6.04 Å². The van der Waals surface area contributed by atoms with Crippen LogP contribution in [0.1, 0.15) is 24.4 Å². The maximum Gasteiger partial charge on any atom is 0.211 e. The highest BCUT2D eigenvalue weighted by Gasteiger charge is 2.29. The fraction of sp³-hybridized carbons (Fsp3) is 0.381. The topological polar surface area (TPSA) is 58.4 Å². The number of halogens is 1. The molecule has 154 valence electrons. The van der Waals surface area contributed by atoms with Gasteiger partial charge in [-0.15, -0.1) is 0 Å². The van der Waals surface area contributed by atoms with E-state index in [4.69, 9.17) is 16.6 Å². The third-order valence-electron chi connectivity index (χ3n) is 5.59. The first-order chi connectivity index (χ1) is 13.8. The fourth-order valence-electron chi connectivity index (χ4n) is 3.96. The summed E-state index contributed by atoms with van der Waals surface area (Å²) >= 11 is 6.21. The Labute approximate surface area is 176 Å². The largest absolute Gasteiger partial charge is 0.322 e. The minimum atomic E-state index is -3.14. The molecule has 0 aliphatic carbocycles. The van der Waals surface area contributed by atoms with Crippen LogP contribution in [0.2, 0.25) is 5.02 Å². The third kappa shape index (κ3) is 4.33. The van der Waals surface area contributed by atoms with Crippen molar-refractivity contribution in [1.82, 2.24) is 18.8 Å². The summed E-state index contributed by atoms with van der Waals surface area (Å²) in [5.74, 6) is 0.971. The van der Waals surface area contributed by atoms with Crippen LogP contribution in [-0.2, 0) is 16.6 Å². The highest BCUT2D eigenvalue weighted by Crippen LogP contribution is 2.28. The van der Waals surface area contributed by atoms with Gasteiger partial charge < -0.3 is 4.57 Å². The number of fused-ring (bicyclic) bond motifs is 1. The van der Waals surface area contributed by atoms with Gasteiger partial charge in [0, 0.05) is 37.7 Å². The summed E-state index contributed by atoms with van der Waals surface area (Å²) in [5.41, 5.74) is 3.14. The minimum Gasteiger partial charge on any atom is -0.322 e. The maximum absolute atomic E-state index is 11.8. The smallest absolute Gasteiger partial charge is 0.211 e. The van der Waals surface area contributed by atoms with Gasteiger partial charge in [0.25, 0.3) is 0 Å². The van der Waals surface area contributed by atoms with Gasteiger partial charge in [0.05, 0.1) is 23.3 Å². The monoisotopic (exact) mass is 432 g/mol. The molecule has 0 spiro atoms. The number of rotatable bonds is 5. The van der Waals surface area contributed by atoms with E-state index in [2.05, 4.69) is 28.5 Å². The lowest BCUT2D eigenvalue weighted by Crippen LogP contribution is -2.49. The SMILES string of the molecule is C[C@H](c1nc2cc(Cl)ccc2n1Cc1ccccc1)N1CCN(S(C)(=O)=O)CC1. The van der Waals surface area contributed by atoms with Gasteiger partial charge in [-0.2, -0.15) is 4.31 Å². The molecular formula is C21H25ClN4O2S. The average molecular weight is 433 g/mol. The predicted octanol–water partition coefficient (Wildman–Crippen LogP) is 3.38. The summed E-state index contributed by atoms with van der Waals surface area (Å²) in [6, 6.07) is 16.2. The molecule has 29 heavy (non-hydrogen) atoms. The van der Waals surface area contributed by atoms with E-state index in [9.17, 15) is 8.42 Å². The number of aromatic nitrogens is 2. The molecule has 0 N–H and O–H groups in total. The van der Waals surface area contributed by atoms with Crippen molar-refractivity contribution in [2.24, 2.45) is 0 Å². The van der Waals surface area contributed by atoms with Crippen LogP contribution in [0, 0.1) is 0 Å². The molecule has 3 aromatic rings. The number of piperazine rings is 1. The van der Waals surface area contributed by atoms with Gasteiger partial charge in [0.2, 0.25) is 10.0 Å². The molecule has 0 saturated carbocycles. The molecule has 1 aliphatic heterocycles. The van der Waals surface area contributed by atoms with Crippen molar-refractivity contribution in [2.75, 3.05) is 32.4 Å². The Kier molecular flexibility index (Phi) is 5.66.